The van der Waals surface area contributed by atoms with E-state index >= 15 is 0 Å². The lowest BCUT2D eigenvalue weighted by molar-refractivity contribution is 1.49. The topological polar surface area (TPSA) is 0 Å². The maximum absolute atomic E-state index is 2.50. The Kier molecular flexibility index (Phi) is 1.32. The molecule has 0 unspecified atom stereocenters. The van der Waals surface area contributed by atoms with Crippen LogP contribution in [0.5, 0.6) is 0 Å². The molecule has 0 radical (unpaired) electrons. The van der Waals surface area contributed by atoms with E-state index in [0.29, 0.717) is 0 Å². The third-order valence-corrected chi connectivity index (χ3v) is 20.8. The lowest BCUT2D eigenvalue weighted by Crippen LogP contribution is -2.13. The predicted octanol–water partition coefficient (Wildman–Crippen LogP) is 3.04. The highest BCUT2D eigenvalue weighted by atomic mass is 33.6. The van der Waals surface area contributed by atoms with Crippen molar-refractivity contribution in [2.75, 3.05) is 29.6 Å². The second-order valence-electron chi connectivity index (χ2n) is 3.66. The molecule has 1 heterocycles. The normalized spacial score (nSPS) is 41.3. The van der Waals surface area contributed by atoms with E-state index in [1.807, 2.05) is 0 Å². The zero-order valence-corrected chi connectivity index (χ0v) is 9.09. The first-order valence-electron chi connectivity index (χ1n) is 3.13. The molecule has 0 aromatic heterocycles. The molecule has 0 atom stereocenters. The Morgan fingerprint density at radius 1 is 1.56 bits per heavy atom. The summed E-state index contributed by atoms with van der Waals surface area (Å²) in [6.45, 7) is 2.33. The molecule has 9 heavy (non-hydrogen) atoms. The highest BCUT2D eigenvalue weighted by molar-refractivity contribution is 9.50. The van der Waals surface area contributed by atoms with Crippen molar-refractivity contribution >= 4 is 27.9 Å². The van der Waals surface area contributed by atoms with Crippen LogP contribution in [0.15, 0.2) is 0 Å². The summed E-state index contributed by atoms with van der Waals surface area (Å²) in [6.07, 6.45) is 5.81. The monoisotopic (exact) mass is 184 g/mol. The summed E-state index contributed by atoms with van der Waals surface area (Å²) in [7, 11) is 4.33. The first kappa shape index (κ1) is 8.15. The molecule has 1 fully saturated rings. The summed E-state index contributed by atoms with van der Waals surface area (Å²) in [6, 6.07) is 0. The van der Waals surface area contributed by atoms with Gasteiger partial charge in [0.2, 0.25) is 0 Å². The summed E-state index contributed by atoms with van der Waals surface area (Å²) in [5, 5.41) is 1.43. The van der Waals surface area contributed by atoms with Crippen molar-refractivity contribution in [2.24, 2.45) is 0 Å². The van der Waals surface area contributed by atoms with Gasteiger partial charge in [0, 0.05) is 5.08 Å². The van der Waals surface area contributed by atoms with Gasteiger partial charge >= 0.3 is 0 Å². The molecule has 0 bridgehead atoms. The van der Waals surface area contributed by atoms with Crippen LogP contribution in [0, 0.1) is 0 Å². The minimum Gasteiger partial charge on any atom is -0.198 e. The third-order valence-electron chi connectivity index (χ3n) is 2.51. The fraction of sp³-hybridized carbons (Fsp3) is 1.00. The molecule has 0 aromatic carbocycles. The van der Waals surface area contributed by atoms with E-state index in [1.54, 1.807) is 0 Å². The van der Waals surface area contributed by atoms with Crippen molar-refractivity contribution in [3.05, 3.63) is 0 Å². The van der Waals surface area contributed by atoms with E-state index in [4.69, 9.17) is 0 Å². The van der Waals surface area contributed by atoms with E-state index in [2.05, 4.69) is 47.3 Å². The van der Waals surface area contributed by atoms with Gasteiger partial charge in [-0.1, -0.05) is 6.92 Å². The van der Waals surface area contributed by atoms with Gasteiger partial charge in [-0.15, -0.1) is 21.6 Å². The summed E-state index contributed by atoms with van der Waals surface area (Å²) in [5.74, 6) is 1.38. The standard InChI is InChI=1S/C6H16S3/c1-5-9(3,4,7-2)6-8-9/h5-6H2,1-4H3. The average Bonchev–Trinajstić information content (AvgIpc) is 2.46. The van der Waals surface area contributed by atoms with Gasteiger partial charge in [-0.05, 0) is 24.5 Å². The Labute approximate surface area is 64.6 Å². The fourth-order valence-corrected chi connectivity index (χ4v) is 10.3. The Balaban J connectivity index is 2.91. The van der Waals surface area contributed by atoms with Crippen LogP contribution in [0.1, 0.15) is 6.92 Å². The molecule has 1 saturated heterocycles. The average molecular weight is 184 g/mol. The molecule has 0 spiro atoms. The van der Waals surface area contributed by atoms with E-state index < -0.39 is 6.36 Å². The van der Waals surface area contributed by atoms with Crippen molar-refractivity contribution in [3.63, 3.8) is 0 Å². The molecule has 0 aromatic rings. The maximum Gasteiger partial charge on any atom is 0.0349 e. The van der Waals surface area contributed by atoms with Crippen molar-refractivity contribution in [3.8, 4) is 0 Å². The van der Waals surface area contributed by atoms with Crippen LogP contribution in [0.2, 0.25) is 0 Å². The highest BCUT2D eigenvalue weighted by Gasteiger charge is 2.63. The molecule has 1 aliphatic rings. The van der Waals surface area contributed by atoms with Crippen molar-refractivity contribution in [1.82, 2.24) is 0 Å². The van der Waals surface area contributed by atoms with Crippen LogP contribution >= 0.6 is 27.9 Å². The SMILES string of the molecule is CCS1(C)(C)(SC)CS1. The zero-order chi connectivity index (χ0) is 7.24. The minimum absolute atomic E-state index is 1.38. The molecule has 1 aliphatic heterocycles. The van der Waals surface area contributed by atoms with Crippen molar-refractivity contribution in [2.45, 2.75) is 6.92 Å². The maximum atomic E-state index is 2.50. The summed E-state index contributed by atoms with van der Waals surface area (Å²) in [5.41, 5.74) is 0. The fourth-order valence-electron chi connectivity index (χ4n) is 0.531. The number of hydrogen-bond donors (Lipinski definition) is 0. The second kappa shape index (κ2) is 1.46. The van der Waals surface area contributed by atoms with Gasteiger partial charge in [0.1, 0.15) is 0 Å². The summed E-state index contributed by atoms with van der Waals surface area (Å²) in [4.78, 5) is 0. The summed E-state index contributed by atoms with van der Waals surface area (Å²) >= 11 is 0. The van der Waals surface area contributed by atoms with E-state index in [1.165, 1.54) is 10.8 Å². The number of hydrogen-bond acceptors (Lipinski definition) is 2. The van der Waals surface area contributed by atoms with Gasteiger partial charge in [-0.25, -0.2) is 0 Å². The van der Waals surface area contributed by atoms with Gasteiger partial charge in [0.25, 0.3) is 0 Å². The molecule has 0 aliphatic carbocycles. The lowest BCUT2D eigenvalue weighted by atomic mass is 11.0. The van der Waals surface area contributed by atoms with Crippen LogP contribution in [-0.2, 0) is 0 Å². The smallest absolute Gasteiger partial charge is 0.0349 e. The zero-order valence-electron chi connectivity index (χ0n) is 6.64. The van der Waals surface area contributed by atoms with Crippen molar-refractivity contribution < 1.29 is 0 Å². The Morgan fingerprint density at radius 2 is 2.00 bits per heavy atom. The first-order valence-corrected chi connectivity index (χ1v) is 9.98. The third kappa shape index (κ3) is 1.12. The summed E-state index contributed by atoms with van der Waals surface area (Å²) < 4.78 is 0. The second-order valence-corrected chi connectivity index (χ2v) is 21.9. The van der Waals surface area contributed by atoms with Gasteiger partial charge in [-0.3, -0.25) is 0 Å². The van der Waals surface area contributed by atoms with E-state index in [9.17, 15) is 0 Å². The molecule has 1 rings (SSSR count). The van der Waals surface area contributed by atoms with Crippen LogP contribution in [0.3, 0.4) is 0 Å². The highest BCUT2D eigenvalue weighted by Crippen LogP contribution is 3.13. The van der Waals surface area contributed by atoms with Crippen LogP contribution in [0.4, 0.5) is 0 Å². The van der Waals surface area contributed by atoms with Crippen LogP contribution in [-0.4, -0.2) is 29.6 Å². The Bertz CT molecular complexity index is 142. The number of rotatable bonds is 2. The van der Waals surface area contributed by atoms with Gasteiger partial charge in [0.05, 0.1) is 0 Å². The van der Waals surface area contributed by atoms with Crippen LogP contribution < -0.4 is 0 Å². The van der Waals surface area contributed by atoms with E-state index in [0.717, 1.165) is 0 Å². The predicted molar refractivity (Wildman–Crippen MR) is 56.0 cm³/mol. The van der Waals surface area contributed by atoms with Gasteiger partial charge in [0.15, 0.2) is 0 Å². The van der Waals surface area contributed by atoms with Gasteiger partial charge in [-0.2, -0.15) is 6.36 Å². The first-order chi connectivity index (χ1) is 3.89. The molecule has 58 valence electrons. The largest absolute Gasteiger partial charge is 0.198 e. The Morgan fingerprint density at radius 3 is 2.00 bits per heavy atom. The molecular formula is C6H16S3. The van der Waals surface area contributed by atoms with Crippen molar-refractivity contribution in [1.29, 1.82) is 0 Å². The minimum atomic E-state index is -1.45. The molecule has 0 saturated carbocycles. The molecule has 0 nitrogen and oxygen atoms in total. The molecule has 0 N–H and O–H groups in total. The van der Waals surface area contributed by atoms with Crippen LogP contribution in [0.25, 0.3) is 0 Å². The van der Waals surface area contributed by atoms with Gasteiger partial charge < -0.3 is 0 Å². The molecule has 3 heteroatoms. The van der Waals surface area contributed by atoms with E-state index in [-0.39, 0.29) is 0 Å². The quantitative estimate of drug-likeness (QED) is 0.478. The molecule has 0 amide bonds. The lowest BCUT2D eigenvalue weighted by Gasteiger charge is -2.54. The Hall–Kier alpha value is 1.05. The molecular weight excluding hydrogens is 168 g/mol.